The Kier molecular flexibility index (Phi) is 24.8. The molecule has 81 heavy (non-hydrogen) atoms. The molecule has 11 atom stereocenters. The number of carboxylic acid groups (broad SMARTS) is 3. The van der Waals surface area contributed by atoms with E-state index in [1.807, 2.05) is 24.3 Å². The van der Waals surface area contributed by atoms with Gasteiger partial charge in [0.15, 0.2) is 0 Å². The smallest absolute Gasteiger partial charge is 0.326 e. The van der Waals surface area contributed by atoms with Crippen molar-refractivity contribution in [3.8, 4) is 0 Å². The number of benzene rings is 2. The molecule has 26 nitrogen and oxygen atoms in total. The summed E-state index contributed by atoms with van der Waals surface area (Å²) in [6.45, 7) is 9.75. The molecule has 26 heteroatoms. The van der Waals surface area contributed by atoms with Crippen LogP contribution in [0.4, 0.5) is 0 Å². The van der Waals surface area contributed by atoms with Crippen LogP contribution < -0.4 is 48.7 Å². The van der Waals surface area contributed by atoms with E-state index in [4.69, 9.17) is 11.5 Å². The van der Waals surface area contributed by atoms with E-state index in [1.54, 1.807) is 64.2 Å². The lowest BCUT2D eigenvalue weighted by Gasteiger charge is -2.32. The van der Waals surface area contributed by atoms with Gasteiger partial charge in [-0.05, 0) is 60.6 Å². The highest BCUT2D eigenvalue weighted by Crippen LogP contribution is 2.22. The standard InChI is InChI=1S/C55H77N11O15/c1-7-29(5)45(64-47(72)34(56)24-32-27-58-35-18-13-12-17-33(32)35)52(77)61-38(26-43(70)71)50(75)65-46(30(6)8-2)53(78)62-39(23-31-15-10-9-11-16-31)54(79)66-22-14-19-40(66)51(76)59-36(20-21-41(57)67)48(73)60-37(25-42(68)69)49(74)63-44(28(3)4)55(80)81/h9-13,15-18,27-30,34,36-40,44-46,58H,7-8,14,19-26,56H2,1-6H3,(H2,57,67)(H,59,76)(H,60,73)(H,61,77)(H,62,78)(H,63,74)(H,64,72)(H,65,75)(H,68,69)(H,70,71)(H,80,81)/t29-,30-,34-,36-,37-,38-,39-,40-,44-,45-,46-/m0/s1. The minimum atomic E-state index is -1.84. The number of amides is 9. The normalized spacial score (nSPS) is 16.8. The molecule has 1 saturated heterocycles. The van der Waals surface area contributed by atoms with Gasteiger partial charge in [0, 0.05) is 36.5 Å². The van der Waals surface area contributed by atoms with Crippen LogP contribution in [0, 0.1) is 17.8 Å². The number of primary amides is 1. The number of nitrogens with zero attached hydrogens (tertiary/aromatic N) is 1. The van der Waals surface area contributed by atoms with Crippen molar-refractivity contribution < 1.29 is 72.9 Å². The van der Waals surface area contributed by atoms with Crippen LogP contribution in [0.25, 0.3) is 10.9 Å². The second kappa shape index (κ2) is 30.8. The Hall–Kier alpha value is -8.42. The quantitative estimate of drug-likeness (QED) is 0.0382. The summed E-state index contributed by atoms with van der Waals surface area (Å²) in [5, 5.41) is 47.3. The number of carboxylic acids is 3. The maximum atomic E-state index is 14.8. The van der Waals surface area contributed by atoms with Gasteiger partial charge in [-0.15, -0.1) is 0 Å². The lowest BCUT2D eigenvalue weighted by atomic mass is 9.95. The zero-order valence-electron chi connectivity index (χ0n) is 46.3. The number of aromatic nitrogens is 1. The van der Waals surface area contributed by atoms with Gasteiger partial charge in [0.2, 0.25) is 53.2 Å². The molecular weight excluding hydrogens is 1050 g/mol. The first kappa shape index (κ1) is 65.1. The second-order valence-corrected chi connectivity index (χ2v) is 20.8. The van der Waals surface area contributed by atoms with Gasteiger partial charge in [-0.3, -0.25) is 52.7 Å². The van der Waals surface area contributed by atoms with E-state index in [2.05, 4.69) is 42.2 Å². The number of likely N-dealkylation sites (tertiary alicyclic amines) is 1. The maximum Gasteiger partial charge on any atom is 0.326 e. The number of nitrogens with one attached hydrogen (secondary N) is 8. The molecule has 1 aliphatic heterocycles. The highest BCUT2D eigenvalue weighted by molar-refractivity contribution is 6.00. The number of carbonyl (C=O) groups is 12. The molecule has 4 rings (SSSR count). The Morgan fingerprint density at radius 1 is 0.617 bits per heavy atom. The summed E-state index contributed by atoms with van der Waals surface area (Å²) >= 11 is 0. The lowest BCUT2D eigenvalue weighted by molar-refractivity contribution is -0.145. The second-order valence-electron chi connectivity index (χ2n) is 20.8. The fraction of sp³-hybridized carbons (Fsp3) is 0.527. The van der Waals surface area contributed by atoms with E-state index >= 15 is 0 Å². The predicted octanol–water partition coefficient (Wildman–Crippen LogP) is -0.287. The van der Waals surface area contributed by atoms with Crippen LogP contribution in [0.3, 0.4) is 0 Å². The number of fused-ring (bicyclic) bond motifs is 1. The number of aromatic amines is 1. The molecule has 0 aliphatic carbocycles. The van der Waals surface area contributed by atoms with E-state index in [1.165, 1.54) is 18.7 Å². The lowest BCUT2D eigenvalue weighted by Crippen LogP contribution is -2.62. The van der Waals surface area contributed by atoms with E-state index in [0.717, 1.165) is 16.5 Å². The Balaban J connectivity index is 1.56. The van der Waals surface area contributed by atoms with E-state index in [-0.39, 0.29) is 38.6 Å². The zero-order valence-corrected chi connectivity index (χ0v) is 46.3. The third-order valence-electron chi connectivity index (χ3n) is 14.3. The summed E-state index contributed by atoms with van der Waals surface area (Å²) in [6, 6.07) is 2.68. The number of hydrogen-bond acceptors (Lipinski definition) is 13. The van der Waals surface area contributed by atoms with Crippen molar-refractivity contribution in [1.82, 2.24) is 47.1 Å². The third kappa shape index (κ3) is 19.1. The number of aliphatic carboxylic acids is 3. The molecule has 0 bridgehead atoms. The minimum Gasteiger partial charge on any atom is -0.481 e. The van der Waals surface area contributed by atoms with Gasteiger partial charge < -0.3 is 73.9 Å². The van der Waals surface area contributed by atoms with Gasteiger partial charge in [-0.1, -0.05) is 103 Å². The molecule has 2 aromatic carbocycles. The van der Waals surface area contributed by atoms with Crippen LogP contribution in [-0.2, 0) is 70.4 Å². The fourth-order valence-electron chi connectivity index (χ4n) is 9.26. The zero-order chi connectivity index (χ0) is 60.2. The Labute approximate surface area is 468 Å². The topological polar surface area (TPSA) is 421 Å². The minimum absolute atomic E-state index is 0.0199. The molecule has 0 radical (unpaired) electrons. The largest absolute Gasteiger partial charge is 0.481 e. The molecule has 9 amide bonds. The summed E-state index contributed by atoms with van der Waals surface area (Å²) in [4.78, 5) is 164. The summed E-state index contributed by atoms with van der Waals surface area (Å²) in [5.74, 6) is -14.6. The average Bonchev–Trinajstić information content (AvgIpc) is 4.15. The molecular formula is C55H77N11O15. The Bertz CT molecular complexity index is 2750. The molecule has 1 aliphatic rings. The third-order valence-corrected chi connectivity index (χ3v) is 14.3. The molecule has 2 heterocycles. The van der Waals surface area contributed by atoms with Crippen molar-refractivity contribution in [2.24, 2.45) is 29.2 Å². The molecule has 442 valence electrons. The highest BCUT2D eigenvalue weighted by atomic mass is 16.4. The number of carbonyl (C=O) groups excluding carboxylic acids is 9. The fourth-order valence-corrected chi connectivity index (χ4v) is 9.26. The van der Waals surface area contributed by atoms with E-state index in [0.29, 0.717) is 12.0 Å². The first-order valence-corrected chi connectivity index (χ1v) is 27.0. The van der Waals surface area contributed by atoms with Crippen molar-refractivity contribution >= 4 is 82.0 Å². The van der Waals surface area contributed by atoms with E-state index in [9.17, 15) is 72.9 Å². The van der Waals surface area contributed by atoms with Crippen molar-refractivity contribution in [3.63, 3.8) is 0 Å². The number of para-hydroxylation sites is 1. The molecule has 15 N–H and O–H groups in total. The van der Waals surface area contributed by atoms with Crippen LogP contribution in [0.5, 0.6) is 0 Å². The first-order valence-electron chi connectivity index (χ1n) is 27.0. The number of hydrogen-bond donors (Lipinski definition) is 13. The summed E-state index contributed by atoms with van der Waals surface area (Å²) in [7, 11) is 0. The molecule has 3 aromatic rings. The van der Waals surface area contributed by atoms with Gasteiger partial charge in [-0.25, -0.2) is 4.79 Å². The SMILES string of the molecule is CC[C@H](C)[C@H](NC(=O)[C@H](CC(=O)O)NC(=O)[C@@H](NC(=O)[C@@H](N)Cc1c[nH]c2ccccc12)[C@@H](C)CC)C(=O)N[C@@H](Cc1ccccc1)C(=O)N1CCC[C@H]1C(=O)N[C@@H](CCC(N)=O)C(=O)N[C@@H](CC(=O)O)C(=O)N[C@H](C(=O)O)C(C)C. The van der Waals surface area contributed by atoms with Crippen LogP contribution in [-0.4, -0.2) is 157 Å². The van der Waals surface area contributed by atoms with E-state index < -0.39 is 169 Å². The summed E-state index contributed by atoms with van der Waals surface area (Å²) < 4.78 is 0. The van der Waals surface area contributed by atoms with Crippen molar-refractivity contribution in [3.05, 3.63) is 71.9 Å². The van der Waals surface area contributed by atoms with Gasteiger partial charge in [0.05, 0.1) is 18.9 Å². The van der Waals surface area contributed by atoms with Gasteiger partial charge in [0.25, 0.3) is 0 Å². The molecule has 1 fully saturated rings. The molecule has 0 spiro atoms. The van der Waals surface area contributed by atoms with Gasteiger partial charge >= 0.3 is 17.9 Å². The van der Waals surface area contributed by atoms with Crippen LogP contribution in [0.15, 0.2) is 60.8 Å². The first-order chi connectivity index (χ1) is 38.3. The maximum absolute atomic E-state index is 14.8. The number of H-pyrrole nitrogens is 1. The predicted molar refractivity (Wildman–Crippen MR) is 293 cm³/mol. The number of rotatable bonds is 32. The van der Waals surface area contributed by atoms with Crippen LogP contribution in [0.2, 0.25) is 0 Å². The van der Waals surface area contributed by atoms with Crippen molar-refractivity contribution in [2.45, 2.75) is 160 Å². The van der Waals surface area contributed by atoms with Gasteiger partial charge in [-0.2, -0.15) is 0 Å². The average molecular weight is 1130 g/mol. The van der Waals surface area contributed by atoms with Gasteiger partial charge in [0.1, 0.15) is 48.3 Å². The molecule has 0 saturated carbocycles. The summed E-state index contributed by atoms with van der Waals surface area (Å²) in [6.07, 6.45) is -0.187. The van der Waals surface area contributed by atoms with Crippen molar-refractivity contribution in [1.29, 1.82) is 0 Å². The Morgan fingerprint density at radius 3 is 1.65 bits per heavy atom. The summed E-state index contributed by atoms with van der Waals surface area (Å²) in [5.41, 5.74) is 13.9. The Morgan fingerprint density at radius 2 is 1.12 bits per heavy atom. The molecule has 0 unspecified atom stereocenters. The number of nitrogens with two attached hydrogens (primary N) is 2. The van der Waals surface area contributed by atoms with Crippen LogP contribution >= 0.6 is 0 Å². The van der Waals surface area contributed by atoms with Crippen molar-refractivity contribution in [2.75, 3.05) is 6.54 Å². The van der Waals surface area contributed by atoms with Crippen LogP contribution in [0.1, 0.15) is 104 Å². The highest BCUT2D eigenvalue weighted by Gasteiger charge is 2.42. The monoisotopic (exact) mass is 1130 g/mol. The molecule has 1 aromatic heterocycles.